The van der Waals surface area contributed by atoms with Gasteiger partial charge in [0.15, 0.2) is 0 Å². The zero-order valence-corrected chi connectivity index (χ0v) is 11.7. The maximum atomic E-state index is 13.7. The van der Waals surface area contributed by atoms with Gasteiger partial charge in [0.05, 0.1) is 18.8 Å². The fourth-order valence-corrected chi connectivity index (χ4v) is 2.85. The standard InChI is InChI=1S/C15H17FN2O3/c1-21-10-5-9(8-19)18(7-10)15(20)14-6-11-12(16)3-2-4-13(11)17-14/h2-4,6,9-10,17,19H,5,7-8H2,1H3/t9-,10+/m0/s1. The zero-order valence-electron chi connectivity index (χ0n) is 11.7. The van der Waals surface area contributed by atoms with Crippen molar-refractivity contribution in [2.24, 2.45) is 0 Å². The van der Waals surface area contributed by atoms with Crippen molar-refractivity contribution in [1.82, 2.24) is 9.88 Å². The maximum Gasteiger partial charge on any atom is 0.270 e. The Kier molecular flexibility index (Phi) is 3.65. The highest BCUT2D eigenvalue weighted by atomic mass is 19.1. The molecule has 0 aliphatic carbocycles. The van der Waals surface area contributed by atoms with Gasteiger partial charge in [-0.1, -0.05) is 6.07 Å². The Hall–Kier alpha value is -1.92. The Morgan fingerprint density at radius 3 is 3.05 bits per heavy atom. The van der Waals surface area contributed by atoms with E-state index in [0.717, 1.165) is 0 Å². The number of likely N-dealkylation sites (tertiary alicyclic amines) is 1. The van der Waals surface area contributed by atoms with E-state index in [-0.39, 0.29) is 30.5 Å². The second kappa shape index (κ2) is 5.46. The largest absolute Gasteiger partial charge is 0.394 e. The number of fused-ring (bicyclic) bond motifs is 1. The van der Waals surface area contributed by atoms with E-state index in [1.54, 1.807) is 24.1 Å². The summed E-state index contributed by atoms with van der Waals surface area (Å²) in [7, 11) is 1.59. The third-order valence-corrected chi connectivity index (χ3v) is 4.02. The van der Waals surface area contributed by atoms with E-state index in [0.29, 0.717) is 29.6 Å². The number of nitrogens with zero attached hydrogens (tertiary/aromatic N) is 1. The third-order valence-electron chi connectivity index (χ3n) is 4.02. The van der Waals surface area contributed by atoms with Gasteiger partial charge in [0.2, 0.25) is 0 Å². The summed E-state index contributed by atoms with van der Waals surface area (Å²) in [5.74, 6) is -0.609. The van der Waals surface area contributed by atoms with Crippen LogP contribution >= 0.6 is 0 Å². The second-order valence-corrected chi connectivity index (χ2v) is 5.27. The highest BCUT2D eigenvalue weighted by Gasteiger charge is 2.35. The first kappa shape index (κ1) is 14.0. The number of hydrogen-bond acceptors (Lipinski definition) is 3. The molecule has 0 bridgehead atoms. The Morgan fingerprint density at radius 2 is 2.38 bits per heavy atom. The molecule has 2 heterocycles. The van der Waals surface area contributed by atoms with Gasteiger partial charge in [-0.2, -0.15) is 0 Å². The Labute approximate surface area is 121 Å². The van der Waals surface area contributed by atoms with E-state index >= 15 is 0 Å². The van der Waals surface area contributed by atoms with E-state index < -0.39 is 0 Å². The van der Waals surface area contributed by atoms with Crippen molar-refractivity contribution >= 4 is 16.8 Å². The minimum absolute atomic E-state index is 0.0767. The van der Waals surface area contributed by atoms with E-state index in [2.05, 4.69) is 4.98 Å². The van der Waals surface area contributed by atoms with E-state index in [4.69, 9.17) is 4.74 Å². The summed E-state index contributed by atoms with van der Waals surface area (Å²) in [6.45, 7) is 0.318. The first-order valence-electron chi connectivity index (χ1n) is 6.86. The van der Waals surface area contributed by atoms with Crippen LogP contribution in [0.15, 0.2) is 24.3 Å². The summed E-state index contributed by atoms with van der Waals surface area (Å²) >= 11 is 0. The molecule has 2 N–H and O–H groups in total. The third kappa shape index (κ3) is 2.41. The molecule has 1 amide bonds. The highest BCUT2D eigenvalue weighted by Crippen LogP contribution is 2.24. The number of methoxy groups -OCH3 is 1. The quantitative estimate of drug-likeness (QED) is 0.901. The van der Waals surface area contributed by atoms with Crippen LogP contribution in [-0.2, 0) is 4.74 Å². The minimum atomic E-state index is -0.363. The van der Waals surface area contributed by atoms with Crippen molar-refractivity contribution < 1.29 is 19.0 Å². The van der Waals surface area contributed by atoms with Crippen LogP contribution in [0.1, 0.15) is 16.9 Å². The topological polar surface area (TPSA) is 65.6 Å². The molecule has 0 unspecified atom stereocenters. The zero-order chi connectivity index (χ0) is 15.0. The lowest BCUT2D eigenvalue weighted by Crippen LogP contribution is -2.38. The number of aromatic amines is 1. The van der Waals surface area contributed by atoms with Crippen LogP contribution < -0.4 is 0 Å². The molecule has 5 nitrogen and oxygen atoms in total. The molecule has 3 rings (SSSR count). The average Bonchev–Trinajstić information content (AvgIpc) is 3.11. The summed E-state index contributed by atoms with van der Waals surface area (Å²) in [6.07, 6.45) is 0.528. The predicted molar refractivity (Wildman–Crippen MR) is 75.6 cm³/mol. The molecule has 1 aliphatic heterocycles. The molecule has 1 aromatic carbocycles. The second-order valence-electron chi connectivity index (χ2n) is 5.27. The number of aliphatic hydroxyl groups excluding tert-OH is 1. The Balaban J connectivity index is 1.91. The molecular weight excluding hydrogens is 275 g/mol. The smallest absolute Gasteiger partial charge is 0.270 e. The first-order chi connectivity index (χ1) is 10.1. The molecule has 0 radical (unpaired) electrons. The molecule has 2 atom stereocenters. The van der Waals surface area contributed by atoms with Crippen LogP contribution in [0.2, 0.25) is 0 Å². The molecule has 2 aromatic rings. The number of H-pyrrole nitrogens is 1. The lowest BCUT2D eigenvalue weighted by molar-refractivity contribution is 0.0643. The SMILES string of the molecule is CO[C@@H]1C[C@@H](CO)N(C(=O)c2cc3c(F)cccc3[nH]2)C1. The monoisotopic (exact) mass is 292 g/mol. The molecule has 1 aromatic heterocycles. The summed E-state index contributed by atoms with van der Waals surface area (Å²) in [4.78, 5) is 17.1. The number of hydrogen-bond donors (Lipinski definition) is 2. The van der Waals surface area contributed by atoms with E-state index in [1.165, 1.54) is 12.1 Å². The van der Waals surface area contributed by atoms with Crippen LogP contribution in [0.3, 0.4) is 0 Å². The van der Waals surface area contributed by atoms with Crippen molar-refractivity contribution in [3.63, 3.8) is 0 Å². The van der Waals surface area contributed by atoms with E-state index in [9.17, 15) is 14.3 Å². The average molecular weight is 292 g/mol. The van der Waals surface area contributed by atoms with Crippen molar-refractivity contribution in [3.05, 3.63) is 35.8 Å². The van der Waals surface area contributed by atoms with Crippen molar-refractivity contribution in [2.75, 3.05) is 20.3 Å². The normalized spacial score (nSPS) is 22.1. The van der Waals surface area contributed by atoms with Crippen molar-refractivity contribution in [1.29, 1.82) is 0 Å². The lowest BCUT2D eigenvalue weighted by Gasteiger charge is -2.21. The number of aromatic nitrogens is 1. The Bertz CT molecular complexity index is 670. The van der Waals surface area contributed by atoms with Gasteiger partial charge < -0.3 is 19.7 Å². The lowest BCUT2D eigenvalue weighted by atomic mass is 10.2. The number of halogens is 1. The van der Waals surface area contributed by atoms with Crippen molar-refractivity contribution in [3.8, 4) is 0 Å². The van der Waals surface area contributed by atoms with Gasteiger partial charge in [0.25, 0.3) is 5.91 Å². The number of benzene rings is 1. The van der Waals surface area contributed by atoms with Crippen LogP contribution in [0.5, 0.6) is 0 Å². The number of amides is 1. The molecule has 0 saturated carbocycles. The van der Waals surface area contributed by atoms with Gasteiger partial charge in [-0.05, 0) is 24.6 Å². The number of carbonyl (C=O) groups excluding carboxylic acids is 1. The fourth-order valence-electron chi connectivity index (χ4n) is 2.85. The first-order valence-corrected chi connectivity index (χ1v) is 6.86. The highest BCUT2D eigenvalue weighted by molar-refractivity contribution is 5.98. The van der Waals surface area contributed by atoms with Crippen LogP contribution in [0.25, 0.3) is 10.9 Å². The predicted octanol–water partition coefficient (Wildman–Crippen LogP) is 1.53. The molecule has 21 heavy (non-hydrogen) atoms. The van der Waals surface area contributed by atoms with E-state index in [1.807, 2.05) is 0 Å². The van der Waals surface area contributed by atoms with Crippen LogP contribution in [-0.4, -0.2) is 53.3 Å². The maximum absolute atomic E-state index is 13.7. The number of carbonyl (C=O) groups is 1. The number of rotatable bonds is 3. The van der Waals surface area contributed by atoms with Crippen LogP contribution in [0, 0.1) is 5.82 Å². The molecule has 6 heteroatoms. The summed E-state index contributed by atoms with van der Waals surface area (Å²) in [6, 6.07) is 5.93. The molecule has 1 fully saturated rings. The Morgan fingerprint density at radius 1 is 1.57 bits per heavy atom. The molecular formula is C15H17FN2O3. The van der Waals surface area contributed by atoms with Gasteiger partial charge in [-0.15, -0.1) is 0 Å². The fraction of sp³-hybridized carbons (Fsp3) is 0.400. The van der Waals surface area contributed by atoms with Gasteiger partial charge >= 0.3 is 0 Å². The summed E-state index contributed by atoms with van der Waals surface area (Å²) in [5.41, 5.74) is 0.909. The number of nitrogens with one attached hydrogen (secondary N) is 1. The van der Waals surface area contributed by atoms with Gasteiger partial charge in [-0.3, -0.25) is 4.79 Å². The van der Waals surface area contributed by atoms with Gasteiger partial charge in [0.1, 0.15) is 11.5 Å². The van der Waals surface area contributed by atoms with Gasteiger partial charge in [-0.25, -0.2) is 4.39 Å². The van der Waals surface area contributed by atoms with Crippen LogP contribution in [0.4, 0.5) is 4.39 Å². The number of aliphatic hydroxyl groups is 1. The van der Waals surface area contributed by atoms with Gasteiger partial charge in [0, 0.05) is 24.6 Å². The molecule has 1 aliphatic rings. The molecule has 0 spiro atoms. The number of ether oxygens (including phenoxy) is 1. The summed E-state index contributed by atoms with van der Waals surface area (Å²) in [5, 5.41) is 9.80. The molecule has 112 valence electrons. The summed E-state index contributed by atoms with van der Waals surface area (Å²) < 4.78 is 19.0. The minimum Gasteiger partial charge on any atom is -0.394 e. The van der Waals surface area contributed by atoms with Crippen molar-refractivity contribution in [2.45, 2.75) is 18.6 Å². The molecule has 1 saturated heterocycles.